The fourth-order valence-corrected chi connectivity index (χ4v) is 4.76. The lowest BCUT2D eigenvalue weighted by Crippen LogP contribution is -2.38. The van der Waals surface area contributed by atoms with Crippen LogP contribution in [0, 0.1) is 39.4 Å². The smallest absolute Gasteiger partial charge is 0.194 e. The molecule has 0 amide bonds. The fourth-order valence-electron chi connectivity index (χ4n) is 4.52. The molecule has 0 heterocycles. The molecule has 1 atom stereocenters. The van der Waals surface area contributed by atoms with Crippen LogP contribution in [-0.2, 0) is 6.42 Å². The molecule has 1 aliphatic carbocycles. The van der Waals surface area contributed by atoms with Gasteiger partial charge in [-0.1, -0.05) is 90.5 Å². The van der Waals surface area contributed by atoms with E-state index in [0.717, 1.165) is 16.7 Å². The second kappa shape index (κ2) is 9.05. The summed E-state index contributed by atoms with van der Waals surface area (Å²) in [5, 5.41) is 31.2. The molecule has 0 saturated heterocycles. The van der Waals surface area contributed by atoms with Crippen LogP contribution in [0.25, 0.3) is 5.57 Å². The fraction of sp³-hybridized carbons (Fsp3) is 0.107. The van der Waals surface area contributed by atoms with Crippen LogP contribution in [0.5, 0.6) is 0 Å². The minimum absolute atomic E-state index is 0.0458. The van der Waals surface area contributed by atoms with E-state index in [0.29, 0.717) is 22.6 Å². The Morgan fingerprint density at radius 1 is 0.818 bits per heavy atom. The summed E-state index contributed by atoms with van der Waals surface area (Å²) in [6.45, 7) is 0. The molecule has 3 aromatic carbocycles. The van der Waals surface area contributed by atoms with E-state index in [1.54, 1.807) is 12.1 Å². The molecule has 1 aliphatic rings. The van der Waals surface area contributed by atoms with Gasteiger partial charge in [-0.2, -0.15) is 15.8 Å². The van der Waals surface area contributed by atoms with Crippen molar-refractivity contribution in [3.63, 3.8) is 0 Å². The molecule has 4 rings (SSSR count). The second-order valence-electron chi connectivity index (χ2n) is 7.82. The van der Waals surface area contributed by atoms with Gasteiger partial charge >= 0.3 is 0 Å². The standard InChI is InChI=1S/C28H19ClN4/c29-24-14-8-7-13-21(24)26-22(15-19-9-3-1-4-10-19)25(20-11-5-2-6-12-20)23(16-30)27(33)28(26,17-31)18-32/h1-14,26H,15,33H2. The summed E-state index contributed by atoms with van der Waals surface area (Å²) >= 11 is 6.62. The van der Waals surface area contributed by atoms with Crippen LogP contribution in [0.2, 0.25) is 5.02 Å². The van der Waals surface area contributed by atoms with Crippen LogP contribution in [-0.4, -0.2) is 0 Å². The van der Waals surface area contributed by atoms with E-state index >= 15 is 0 Å². The summed E-state index contributed by atoms with van der Waals surface area (Å²) in [7, 11) is 0. The van der Waals surface area contributed by atoms with Gasteiger partial charge in [0.25, 0.3) is 0 Å². The number of hydrogen-bond donors (Lipinski definition) is 1. The highest BCUT2D eigenvalue weighted by atomic mass is 35.5. The molecular formula is C28H19ClN4. The van der Waals surface area contributed by atoms with E-state index in [4.69, 9.17) is 17.3 Å². The summed E-state index contributed by atoms with van der Waals surface area (Å²) < 4.78 is 0. The first-order chi connectivity index (χ1) is 16.1. The van der Waals surface area contributed by atoms with Gasteiger partial charge in [-0.25, -0.2) is 0 Å². The normalized spacial score (nSPS) is 17.1. The SMILES string of the molecule is N#CC1=C(N)C(C#N)(C#N)C(c2ccccc2Cl)C(Cc2ccccc2)=C1c1ccccc1. The number of hydrogen-bond acceptors (Lipinski definition) is 4. The lowest BCUT2D eigenvalue weighted by molar-refractivity contribution is 0.505. The minimum Gasteiger partial charge on any atom is -0.399 e. The Hall–Kier alpha value is -4.30. The summed E-state index contributed by atoms with van der Waals surface area (Å²) in [6, 6.07) is 32.9. The van der Waals surface area contributed by atoms with Crippen molar-refractivity contribution in [3.8, 4) is 18.2 Å². The van der Waals surface area contributed by atoms with E-state index in [1.165, 1.54) is 0 Å². The largest absolute Gasteiger partial charge is 0.399 e. The quantitative estimate of drug-likeness (QED) is 0.539. The predicted molar refractivity (Wildman–Crippen MR) is 128 cm³/mol. The first-order valence-corrected chi connectivity index (χ1v) is 10.7. The minimum atomic E-state index is -1.78. The van der Waals surface area contributed by atoms with Gasteiger partial charge in [0.1, 0.15) is 6.07 Å². The van der Waals surface area contributed by atoms with Crippen molar-refractivity contribution in [2.24, 2.45) is 11.1 Å². The maximum Gasteiger partial charge on any atom is 0.194 e. The number of nitrogens with zero attached hydrogens (tertiary/aromatic N) is 3. The summed E-state index contributed by atoms with van der Waals surface area (Å²) in [5.41, 5.74) is 8.62. The van der Waals surface area contributed by atoms with Gasteiger partial charge in [0, 0.05) is 16.5 Å². The lowest BCUT2D eigenvalue weighted by Gasteiger charge is -2.38. The van der Waals surface area contributed by atoms with Crippen molar-refractivity contribution in [2.45, 2.75) is 12.3 Å². The van der Waals surface area contributed by atoms with Crippen LogP contribution < -0.4 is 5.73 Å². The highest BCUT2D eigenvalue weighted by Crippen LogP contribution is 2.54. The molecule has 0 aliphatic heterocycles. The van der Waals surface area contributed by atoms with Crippen LogP contribution in [0.15, 0.2) is 102 Å². The van der Waals surface area contributed by atoms with E-state index < -0.39 is 11.3 Å². The molecule has 0 spiro atoms. The number of halogens is 1. The Morgan fingerprint density at radius 3 is 1.97 bits per heavy atom. The average Bonchev–Trinajstić information content (AvgIpc) is 2.86. The maximum atomic E-state index is 10.3. The zero-order valence-corrected chi connectivity index (χ0v) is 18.4. The third-order valence-electron chi connectivity index (χ3n) is 6.03. The third-order valence-corrected chi connectivity index (χ3v) is 6.37. The maximum absolute atomic E-state index is 10.3. The van der Waals surface area contributed by atoms with Crippen molar-refractivity contribution in [1.29, 1.82) is 15.8 Å². The molecule has 0 saturated carbocycles. The Balaban J connectivity index is 2.15. The Morgan fingerprint density at radius 2 is 1.39 bits per heavy atom. The van der Waals surface area contributed by atoms with Crippen LogP contribution in [0.3, 0.4) is 0 Å². The van der Waals surface area contributed by atoms with E-state index in [-0.39, 0.29) is 11.3 Å². The molecule has 0 fully saturated rings. The topological polar surface area (TPSA) is 97.4 Å². The Bertz CT molecular complexity index is 1370. The summed E-state index contributed by atoms with van der Waals surface area (Å²) in [5.74, 6) is -0.756. The molecule has 158 valence electrons. The van der Waals surface area contributed by atoms with E-state index in [2.05, 4.69) is 18.2 Å². The Kier molecular flexibility index (Phi) is 6.01. The molecule has 1 unspecified atom stereocenters. The molecule has 0 aromatic heterocycles. The van der Waals surface area contributed by atoms with Gasteiger partial charge in [-0.15, -0.1) is 0 Å². The average molecular weight is 447 g/mol. The van der Waals surface area contributed by atoms with Crippen molar-refractivity contribution >= 4 is 17.2 Å². The molecule has 3 aromatic rings. The van der Waals surface area contributed by atoms with Crippen LogP contribution in [0.1, 0.15) is 22.6 Å². The molecule has 33 heavy (non-hydrogen) atoms. The lowest BCUT2D eigenvalue weighted by atomic mass is 9.61. The van der Waals surface area contributed by atoms with E-state index in [9.17, 15) is 15.8 Å². The number of allylic oxidation sites excluding steroid dienone is 4. The molecule has 4 nitrogen and oxygen atoms in total. The summed E-state index contributed by atoms with van der Waals surface area (Å²) in [4.78, 5) is 0. The second-order valence-corrected chi connectivity index (χ2v) is 8.22. The van der Waals surface area contributed by atoms with Gasteiger partial charge < -0.3 is 5.73 Å². The number of nitrogens with two attached hydrogens (primary N) is 1. The molecule has 5 heteroatoms. The van der Waals surface area contributed by atoms with Gasteiger partial charge in [0.2, 0.25) is 0 Å². The first-order valence-electron chi connectivity index (χ1n) is 10.4. The van der Waals surface area contributed by atoms with Crippen molar-refractivity contribution in [2.75, 3.05) is 0 Å². The molecule has 0 radical (unpaired) electrons. The van der Waals surface area contributed by atoms with Gasteiger partial charge in [0.05, 0.1) is 23.4 Å². The van der Waals surface area contributed by atoms with Crippen molar-refractivity contribution in [1.82, 2.24) is 0 Å². The van der Waals surface area contributed by atoms with Crippen LogP contribution in [0.4, 0.5) is 0 Å². The van der Waals surface area contributed by atoms with Crippen molar-refractivity contribution < 1.29 is 0 Å². The van der Waals surface area contributed by atoms with Crippen LogP contribution >= 0.6 is 11.6 Å². The first kappa shape index (κ1) is 21.9. The third kappa shape index (κ3) is 3.66. The number of rotatable bonds is 4. The van der Waals surface area contributed by atoms with E-state index in [1.807, 2.05) is 72.8 Å². The van der Waals surface area contributed by atoms with Gasteiger partial charge in [-0.05, 0) is 34.8 Å². The zero-order valence-electron chi connectivity index (χ0n) is 17.7. The summed E-state index contributed by atoms with van der Waals surface area (Å²) in [6.07, 6.45) is 0.421. The van der Waals surface area contributed by atoms with Gasteiger partial charge in [-0.3, -0.25) is 0 Å². The monoisotopic (exact) mass is 446 g/mol. The molecule has 0 bridgehead atoms. The zero-order chi connectivity index (χ0) is 23.4. The highest BCUT2D eigenvalue weighted by molar-refractivity contribution is 6.31. The number of nitriles is 3. The number of benzene rings is 3. The predicted octanol–water partition coefficient (Wildman–Crippen LogP) is 5.90. The van der Waals surface area contributed by atoms with Gasteiger partial charge in [0.15, 0.2) is 5.41 Å². The Labute approximate surface area is 198 Å². The van der Waals surface area contributed by atoms with Crippen molar-refractivity contribution in [3.05, 3.63) is 123 Å². The molecule has 2 N–H and O–H groups in total. The molecular weight excluding hydrogens is 428 g/mol. The highest BCUT2D eigenvalue weighted by Gasteiger charge is 2.51.